The van der Waals surface area contributed by atoms with Crippen LogP contribution in [0.2, 0.25) is 0 Å². The van der Waals surface area contributed by atoms with Crippen LogP contribution >= 0.6 is 0 Å². The van der Waals surface area contributed by atoms with Crippen LogP contribution in [0.4, 0.5) is 0 Å². The number of aliphatic carboxylic acids is 1. The van der Waals surface area contributed by atoms with Crippen LogP contribution in [-0.4, -0.2) is 21.7 Å². The maximum atomic E-state index is 10.8. The molecular weight excluding hydrogens is 196 g/mol. The van der Waals surface area contributed by atoms with E-state index in [1.165, 1.54) is 12.3 Å². The van der Waals surface area contributed by atoms with E-state index in [4.69, 9.17) is 15.1 Å². The SMILES string of the molecule is N#Cc1ccc(OC2(C(=O)O)CC2)nc1. The Bertz CT molecular complexity index is 429. The summed E-state index contributed by atoms with van der Waals surface area (Å²) in [5.74, 6) is -0.720. The zero-order valence-electron chi connectivity index (χ0n) is 7.80. The van der Waals surface area contributed by atoms with E-state index < -0.39 is 11.6 Å². The number of hydrogen-bond donors (Lipinski definition) is 1. The summed E-state index contributed by atoms with van der Waals surface area (Å²) < 4.78 is 5.25. The van der Waals surface area contributed by atoms with E-state index in [2.05, 4.69) is 4.98 Å². The van der Waals surface area contributed by atoms with Gasteiger partial charge in [0.05, 0.1) is 5.56 Å². The summed E-state index contributed by atoms with van der Waals surface area (Å²) in [6.45, 7) is 0. The van der Waals surface area contributed by atoms with Gasteiger partial charge in [0.15, 0.2) is 0 Å². The first kappa shape index (κ1) is 9.46. The first-order chi connectivity index (χ1) is 7.16. The molecule has 1 saturated carbocycles. The molecule has 1 fully saturated rings. The second-order valence-electron chi connectivity index (χ2n) is 3.40. The van der Waals surface area contributed by atoms with Gasteiger partial charge in [0.25, 0.3) is 0 Å². The number of carboxylic acids is 1. The molecular formula is C10H8N2O3. The fraction of sp³-hybridized carbons (Fsp3) is 0.300. The van der Waals surface area contributed by atoms with Gasteiger partial charge in [0.1, 0.15) is 6.07 Å². The summed E-state index contributed by atoms with van der Waals surface area (Å²) in [5, 5.41) is 17.4. The molecule has 1 aromatic heterocycles. The lowest BCUT2D eigenvalue weighted by molar-refractivity contribution is -0.147. The lowest BCUT2D eigenvalue weighted by Crippen LogP contribution is -2.29. The third-order valence-corrected chi connectivity index (χ3v) is 2.26. The molecule has 0 spiro atoms. The molecule has 0 aliphatic heterocycles. The molecule has 5 heteroatoms. The average molecular weight is 204 g/mol. The van der Waals surface area contributed by atoms with Gasteiger partial charge in [0, 0.05) is 25.1 Å². The number of rotatable bonds is 3. The highest BCUT2D eigenvalue weighted by Crippen LogP contribution is 2.39. The van der Waals surface area contributed by atoms with Gasteiger partial charge < -0.3 is 9.84 Å². The summed E-state index contributed by atoms with van der Waals surface area (Å²) in [7, 11) is 0. The molecule has 76 valence electrons. The second kappa shape index (κ2) is 3.24. The minimum atomic E-state index is -1.08. The van der Waals surface area contributed by atoms with E-state index in [9.17, 15) is 4.79 Å². The highest BCUT2D eigenvalue weighted by Gasteiger charge is 2.53. The second-order valence-corrected chi connectivity index (χ2v) is 3.40. The normalized spacial score (nSPS) is 16.5. The molecule has 0 aromatic carbocycles. The van der Waals surface area contributed by atoms with Crippen molar-refractivity contribution in [2.45, 2.75) is 18.4 Å². The van der Waals surface area contributed by atoms with E-state index in [-0.39, 0.29) is 5.88 Å². The quantitative estimate of drug-likeness (QED) is 0.792. The van der Waals surface area contributed by atoms with Crippen molar-refractivity contribution in [1.29, 1.82) is 5.26 Å². The lowest BCUT2D eigenvalue weighted by Gasteiger charge is -2.11. The number of nitriles is 1. The van der Waals surface area contributed by atoms with Gasteiger partial charge in [-0.25, -0.2) is 9.78 Å². The predicted molar refractivity (Wildman–Crippen MR) is 49.2 cm³/mol. The molecule has 1 N–H and O–H groups in total. The molecule has 0 amide bonds. The first-order valence-corrected chi connectivity index (χ1v) is 4.45. The van der Waals surface area contributed by atoms with Crippen molar-refractivity contribution in [2.75, 3.05) is 0 Å². The van der Waals surface area contributed by atoms with Gasteiger partial charge in [-0.2, -0.15) is 5.26 Å². The van der Waals surface area contributed by atoms with Crippen LogP contribution in [0.1, 0.15) is 18.4 Å². The number of carbonyl (C=O) groups is 1. The summed E-state index contributed by atoms with van der Waals surface area (Å²) in [6.07, 6.45) is 2.36. The number of ether oxygens (including phenoxy) is 1. The van der Waals surface area contributed by atoms with Crippen LogP contribution < -0.4 is 4.74 Å². The topological polar surface area (TPSA) is 83.2 Å². The van der Waals surface area contributed by atoms with Crippen LogP contribution in [-0.2, 0) is 4.79 Å². The number of aromatic nitrogens is 1. The van der Waals surface area contributed by atoms with Crippen molar-refractivity contribution in [3.05, 3.63) is 23.9 Å². The van der Waals surface area contributed by atoms with Crippen LogP contribution in [0, 0.1) is 11.3 Å². The van der Waals surface area contributed by atoms with E-state index in [0.29, 0.717) is 18.4 Å². The van der Waals surface area contributed by atoms with Crippen LogP contribution in [0.25, 0.3) is 0 Å². The van der Waals surface area contributed by atoms with Crippen molar-refractivity contribution < 1.29 is 14.6 Å². The zero-order valence-corrected chi connectivity index (χ0v) is 7.80. The zero-order chi connectivity index (χ0) is 10.9. The lowest BCUT2D eigenvalue weighted by atomic mass is 10.3. The first-order valence-electron chi connectivity index (χ1n) is 4.45. The van der Waals surface area contributed by atoms with Crippen molar-refractivity contribution in [3.8, 4) is 11.9 Å². The Kier molecular flexibility index (Phi) is 2.05. The number of carboxylic acid groups (broad SMARTS) is 1. The Morgan fingerprint density at radius 3 is 2.73 bits per heavy atom. The van der Waals surface area contributed by atoms with Gasteiger partial charge in [-0.1, -0.05) is 0 Å². The van der Waals surface area contributed by atoms with Crippen LogP contribution in [0.5, 0.6) is 5.88 Å². The summed E-state index contributed by atoms with van der Waals surface area (Å²) in [4.78, 5) is 14.7. The Morgan fingerprint density at radius 2 is 2.33 bits per heavy atom. The number of pyridine rings is 1. The van der Waals surface area contributed by atoms with Crippen molar-refractivity contribution in [2.24, 2.45) is 0 Å². The molecule has 1 aromatic rings. The largest absolute Gasteiger partial charge is 0.478 e. The fourth-order valence-corrected chi connectivity index (χ4v) is 1.18. The van der Waals surface area contributed by atoms with E-state index >= 15 is 0 Å². The Morgan fingerprint density at radius 1 is 1.60 bits per heavy atom. The molecule has 5 nitrogen and oxygen atoms in total. The highest BCUT2D eigenvalue weighted by atomic mass is 16.5. The molecule has 0 bridgehead atoms. The predicted octanol–water partition coefficient (Wildman–Crippen LogP) is 0.949. The van der Waals surface area contributed by atoms with Gasteiger partial charge in [-0.05, 0) is 6.07 Å². The van der Waals surface area contributed by atoms with Crippen molar-refractivity contribution >= 4 is 5.97 Å². The minimum Gasteiger partial charge on any atom is -0.478 e. The van der Waals surface area contributed by atoms with Crippen LogP contribution in [0.15, 0.2) is 18.3 Å². The summed E-state index contributed by atoms with van der Waals surface area (Å²) in [5.41, 5.74) is -0.663. The van der Waals surface area contributed by atoms with E-state index in [0.717, 1.165) is 0 Å². The van der Waals surface area contributed by atoms with Gasteiger partial charge >= 0.3 is 5.97 Å². The molecule has 1 aliphatic rings. The molecule has 1 heterocycles. The Hall–Kier alpha value is -2.09. The fourth-order valence-electron chi connectivity index (χ4n) is 1.18. The summed E-state index contributed by atoms with van der Waals surface area (Å²) >= 11 is 0. The minimum absolute atomic E-state index is 0.244. The molecule has 1 aliphatic carbocycles. The maximum Gasteiger partial charge on any atom is 0.348 e. The molecule has 15 heavy (non-hydrogen) atoms. The third kappa shape index (κ3) is 1.74. The standard InChI is InChI=1S/C10H8N2O3/c11-5-7-1-2-8(12-6-7)15-10(3-4-10)9(13)14/h1-2,6H,3-4H2,(H,13,14). The van der Waals surface area contributed by atoms with Crippen LogP contribution in [0.3, 0.4) is 0 Å². The summed E-state index contributed by atoms with van der Waals surface area (Å²) in [6, 6.07) is 4.96. The molecule has 0 atom stereocenters. The smallest absolute Gasteiger partial charge is 0.348 e. The Balaban J connectivity index is 2.12. The van der Waals surface area contributed by atoms with Crippen molar-refractivity contribution in [3.63, 3.8) is 0 Å². The monoisotopic (exact) mass is 204 g/mol. The highest BCUT2D eigenvalue weighted by molar-refractivity contribution is 5.81. The third-order valence-electron chi connectivity index (χ3n) is 2.26. The molecule has 0 saturated heterocycles. The van der Waals surface area contributed by atoms with Gasteiger partial charge in [0.2, 0.25) is 11.5 Å². The number of hydrogen-bond acceptors (Lipinski definition) is 4. The Labute approximate surface area is 85.9 Å². The number of nitrogens with zero attached hydrogens (tertiary/aromatic N) is 2. The van der Waals surface area contributed by atoms with Gasteiger partial charge in [-0.3, -0.25) is 0 Å². The maximum absolute atomic E-state index is 10.8. The van der Waals surface area contributed by atoms with E-state index in [1.54, 1.807) is 6.07 Å². The van der Waals surface area contributed by atoms with Gasteiger partial charge in [-0.15, -0.1) is 0 Å². The molecule has 2 rings (SSSR count). The van der Waals surface area contributed by atoms with E-state index in [1.807, 2.05) is 6.07 Å². The molecule has 0 unspecified atom stereocenters. The van der Waals surface area contributed by atoms with Crippen molar-refractivity contribution in [1.82, 2.24) is 4.98 Å². The molecule has 0 radical (unpaired) electrons. The average Bonchev–Trinajstić information content (AvgIpc) is 3.00.